The molecule has 0 aromatic heterocycles. The number of hydrogen-bond donors (Lipinski definition) is 2. The fraction of sp³-hybridized carbons (Fsp3) is 0.263. The molecular formula is C19H18BrNO5. The van der Waals surface area contributed by atoms with E-state index < -0.39 is 18.1 Å². The molecule has 6 nitrogen and oxygen atoms in total. The number of rotatable bonds is 6. The van der Waals surface area contributed by atoms with E-state index in [9.17, 15) is 14.7 Å². The molecule has 0 bridgehead atoms. The molecule has 1 aliphatic rings. The maximum absolute atomic E-state index is 12.0. The molecule has 1 aliphatic heterocycles. The second-order valence-electron chi connectivity index (χ2n) is 5.95. The van der Waals surface area contributed by atoms with E-state index in [-0.39, 0.29) is 13.0 Å². The Hall–Kier alpha value is -2.54. The van der Waals surface area contributed by atoms with E-state index in [1.165, 1.54) is 0 Å². The molecule has 0 aliphatic carbocycles. The molecule has 2 N–H and O–H groups in total. The van der Waals surface area contributed by atoms with Crippen LogP contribution in [0.4, 0.5) is 4.79 Å². The number of carbonyl (C=O) groups is 2. The number of carboxylic acid groups (broad SMARTS) is 1. The van der Waals surface area contributed by atoms with Gasteiger partial charge in [-0.1, -0.05) is 46.3 Å². The van der Waals surface area contributed by atoms with Crippen LogP contribution in [-0.2, 0) is 29.0 Å². The van der Waals surface area contributed by atoms with Crippen LogP contribution in [0.5, 0.6) is 5.75 Å². The van der Waals surface area contributed by atoms with Crippen molar-refractivity contribution in [1.82, 2.24) is 5.32 Å². The highest BCUT2D eigenvalue weighted by Gasteiger charge is 2.25. The topological polar surface area (TPSA) is 84.9 Å². The summed E-state index contributed by atoms with van der Waals surface area (Å²) in [6.45, 7) is 0.650. The number of aliphatic carboxylic acids is 1. The number of alkyl carbamates (subject to hydrolysis) is 1. The van der Waals surface area contributed by atoms with Gasteiger partial charge in [0.15, 0.2) is 0 Å². The largest absolute Gasteiger partial charge is 0.493 e. The zero-order chi connectivity index (χ0) is 18.5. The first-order chi connectivity index (χ1) is 12.5. The molecule has 1 unspecified atom stereocenters. The first-order valence-corrected chi connectivity index (χ1v) is 8.96. The predicted molar refractivity (Wildman–Crippen MR) is 98.2 cm³/mol. The summed E-state index contributed by atoms with van der Waals surface area (Å²) in [4.78, 5) is 23.6. The minimum Gasteiger partial charge on any atom is -0.493 e. The third-order valence-corrected chi connectivity index (χ3v) is 4.51. The Bertz CT molecular complexity index is 809. The van der Waals surface area contributed by atoms with Crippen molar-refractivity contribution >= 4 is 28.0 Å². The van der Waals surface area contributed by atoms with Crippen LogP contribution in [0.2, 0.25) is 0 Å². The van der Waals surface area contributed by atoms with Crippen LogP contribution in [0.1, 0.15) is 16.7 Å². The highest BCUT2D eigenvalue weighted by Crippen LogP contribution is 2.33. The van der Waals surface area contributed by atoms with Crippen molar-refractivity contribution in [3.63, 3.8) is 0 Å². The number of nitrogens with one attached hydrogen (secondary N) is 1. The molecule has 0 spiro atoms. The van der Waals surface area contributed by atoms with E-state index in [0.717, 1.165) is 27.6 Å². The summed E-state index contributed by atoms with van der Waals surface area (Å²) >= 11 is 3.43. The summed E-state index contributed by atoms with van der Waals surface area (Å²) in [7, 11) is 0. The van der Waals surface area contributed by atoms with Crippen LogP contribution in [0, 0.1) is 0 Å². The molecule has 1 amide bonds. The number of benzene rings is 2. The highest BCUT2D eigenvalue weighted by molar-refractivity contribution is 9.10. The molecule has 1 heterocycles. The fourth-order valence-corrected chi connectivity index (χ4v) is 3.38. The zero-order valence-corrected chi connectivity index (χ0v) is 15.5. The lowest BCUT2D eigenvalue weighted by atomic mass is 10.0. The van der Waals surface area contributed by atoms with Gasteiger partial charge in [-0.05, 0) is 28.8 Å². The first-order valence-electron chi connectivity index (χ1n) is 8.17. The molecule has 0 saturated heterocycles. The molecule has 7 heteroatoms. The van der Waals surface area contributed by atoms with Gasteiger partial charge >= 0.3 is 12.1 Å². The molecule has 2 aromatic rings. The number of carbonyl (C=O) groups excluding carboxylic acids is 1. The van der Waals surface area contributed by atoms with Gasteiger partial charge in [-0.15, -0.1) is 0 Å². The van der Waals surface area contributed by atoms with E-state index in [1.54, 1.807) is 0 Å². The van der Waals surface area contributed by atoms with Gasteiger partial charge in [0.2, 0.25) is 0 Å². The van der Waals surface area contributed by atoms with E-state index in [4.69, 9.17) is 9.47 Å². The summed E-state index contributed by atoms with van der Waals surface area (Å²) in [6.07, 6.45) is 0.123. The lowest BCUT2D eigenvalue weighted by Gasteiger charge is -2.16. The minimum atomic E-state index is -1.13. The van der Waals surface area contributed by atoms with Crippen LogP contribution < -0.4 is 10.1 Å². The van der Waals surface area contributed by atoms with Gasteiger partial charge in [0.1, 0.15) is 18.4 Å². The molecular weight excluding hydrogens is 402 g/mol. The number of carboxylic acids is 1. The number of ether oxygens (including phenoxy) is 2. The highest BCUT2D eigenvalue weighted by atomic mass is 79.9. The number of halogens is 1. The Balaban J connectivity index is 1.65. The molecule has 0 saturated carbocycles. The van der Waals surface area contributed by atoms with E-state index >= 15 is 0 Å². The fourth-order valence-electron chi connectivity index (χ4n) is 2.82. The molecule has 1 atom stereocenters. The van der Waals surface area contributed by atoms with Gasteiger partial charge in [0.05, 0.1) is 6.61 Å². The summed E-state index contributed by atoms with van der Waals surface area (Å²) in [5.74, 6) is -0.424. The lowest BCUT2D eigenvalue weighted by Crippen LogP contribution is -2.42. The second-order valence-corrected chi connectivity index (χ2v) is 6.87. The van der Waals surface area contributed by atoms with Crippen molar-refractivity contribution in [1.29, 1.82) is 0 Å². The van der Waals surface area contributed by atoms with Gasteiger partial charge in [-0.2, -0.15) is 0 Å². The first kappa shape index (κ1) is 18.3. The van der Waals surface area contributed by atoms with Crippen molar-refractivity contribution in [3.05, 3.63) is 63.6 Å². The van der Waals surface area contributed by atoms with Gasteiger partial charge in [0, 0.05) is 17.3 Å². The number of hydrogen-bond acceptors (Lipinski definition) is 4. The van der Waals surface area contributed by atoms with E-state index in [1.807, 2.05) is 42.5 Å². The third kappa shape index (κ3) is 4.54. The predicted octanol–water partition coefficient (Wildman–Crippen LogP) is 3.31. The average molecular weight is 420 g/mol. The van der Waals surface area contributed by atoms with Crippen molar-refractivity contribution < 1.29 is 24.2 Å². The third-order valence-electron chi connectivity index (χ3n) is 4.05. The van der Waals surface area contributed by atoms with Crippen LogP contribution in [-0.4, -0.2) is 29.8 Å². The minimum absolute atomic E-state index is 0.0778. The van der Waals surface area contributed by atoms with E-state index in [0.29, 0.717) is 12.4 Å². The van der Waals surface area contributed by atoms with Gasteiger partial charge < -0.3 is 19.9 Å². The van der Waals surface area contributed by atoms with Crippen LogP contribution >= 0.6 is 15.9 Å². The second kappa shape index (κ2) is 8.23. The molecule has 0 radical (unpaired) electrons. The Morgan fingerprint density at radius 2 is 2.04 bits per heavy atom. The maximum Gasteiger partial charge on any atom is 0.408 e. The van der Waals surface area contributed by atoms with Crippen molar-refractivity contribution in [2.75, 3.05) is 6.61 Å². The normalized spacial score (nSPS) is 13.4. The maximum atomic E-state index is 12.0. The van der Waals surface area contributed by atoms with Crippen LogP contribution in [0.25, 0.3) is 0 Å². The molecule has 2 aromatic carbocycles. The van der Waals surface area contributed by atoms with Crippen molar-refractivity contribution in [2.45, 2.75) is 25.5 Å². The Kier molecular flexibility index (Phi) is 5.78. The van der Waals surface area contributed by atoms with Crippen molar-refractivity contribution in [2.24, 2.45) is 0 Å². The summed E-state index contributed by atoms with van der Waals surface area (Å²) in [5.41, 5.74) is 2.60. The summed E-state index contributed by atoms with van der Waals surface area (Å²) < 4.78 is 11.6. The van der Waals surface area contributed by atoms with Gasteiger partial charge in [-0.25, -0.2) is 9.59 Å². The summed E-state index contributed by atoms with van der Waals surface area (Å²) in [6, 6.07) is 11.9. The quantitative estimate of drug-likeness (QED) is 0.749. The smallest absolute Gasteiger partial charge is 0.408 e. The average Bonchev–Trinajstić information content (AvgIpc) is 3.08. The Morgan fingerprint density at radius 1 is 1.27 bits per heavy atom. The molecule has 3 rings (SSSR count). The zero-order valence-electron chi connectivity index (χ0n) is 13.9. The van der Waals surface area contributed by atoms with Gasteiger partial charge in [0.25, 0.3) is 0 Å². The van der Waals surface area contributed by atoms with Crippen LogP contribution in [0.3, 0.4) is 0 Å². The summed E-state index contributed by atoms with van der Waals surface area (Å²) in [5, 5.41) is 11.9. The van der Waals surface area contributed by atoms with E-state index in [2.05, 4.69) is 21.2 Å². The number of fused-ring (bicyclic) bond motifs is 1. The number of amides is 1. The monoisotopic (exact) mass is 419 g/mol. The lowest BCUT2D eigenvalue weighted by molar-refractivity contribution is -0.139. The standard InChI is InChI=1S/C19H18BrNO5/c20-15-8-13-6-7-25-17(13)14(9-15)10-16(18(22)23)21-19(24)26-11-12-4-2-1-3-5-12/h1-5,8-9,16H,6-7,10-11H2,(H,21,24)(H,22,23). The SMILES string of the molecule is O=C(NC(Cc1cc(Br)cc2c1OCC2)C(=O)O)OCc1ccccc1. The van der Waals surface area contributed by atoms with Crippen molar-refractivity contribution in [3.8, 4) is 5.75 Å². The van der Waals surface area contributed by atoms with Gasteiger partial charge in [-0.3, -0.25) is 0 Å². The Labute approximate surface area is 159 Å². The molecule has 0 fully saturated rings. The molecule has 136 valence electrons. The van der Waals surface area contributed by atoms with Crippen LogP contribution in [0.15, 0.2) is 46.9 Å². The Morgan fingerprint density at radius 3 is 2.77 bits per heavy atom. The molecule has 26 heavy (non-hydrogen) atoms.